The zero-order valence-corrected chi connectivity index (χ0v) is 16.8. The van der Waals surface area contributed by atoms with Gasteiger partial charge in [-0.05, 0) is 29.8 Å². The van der Waals surface area contributed by atoms with Gasteiger partial charge in [0, 0.05) is 30.9 Å². The van der Waals surface area contributed by atoms with Gasteiger partial charge >= 0.3 is 0 Å². The summed E-state index contributed by atoms with van der Waals surface area (Å²) < 4.78 is 18.5. The van der Waals surface area contributed by atoms with Gasteiger partial charge in [0.2, 0.25) is 0 Å². The number of nitrogens with zero attached hydrogens (tertiary/aromatic N) is 1. The highest BCUT2D eigenvalue weighted by molar-refractivity contribution is 6.30. The summed E-state index contributed by atoms with van der Waals surface area (Å²) in [6, 6.07) is 7.17. The van der Waals surface area contributed by atoms with E-state index in [0.717, 1.165) is 11.6 Å². The van der Waals surface area contributed by atoms with Crippen LogP contribution in [-0.4, -0.2) is 41.7 Å². The second-order valence-corrected chi connectivity index (χ2v) is 6.49. The second kappa shape index (κ2) is 11.7. The monoisotopic (exact) mass is 433 g/mol. The van der Waals surface area contributed by atoms with Crippen LogP contribution in [0.3, 0.4) is 0 Å². The number of aliphatic hydroxyl groups excluding tert-OH is 1. The topological polar surface area (TPSA) is 101 Å². The first-order chi connectivity index (χ1) is 14.4. The summed E-state index contributed by atoms with van der Waals surface area (Å²) in [6.45, 7) is 3.54. The second-order valence-electron chi connectivity index (χ2n) is 6.08. The Balaban J connectivity index is 1.72. The summed E-state index contributed by atoms with van der Waals surface area (Å²) in [5, 5.41) is 14.0. The zero-order valence-electron chi connectivity index (χ0n) is 16.0. The molecule has 0 unspecified atom stereocenters. The van der Waals surface area contributed by atoms with Crippen LogP contribution in [0.1, 0.15) is 22.5 Å². The van der Waals surface area contributed by atoms with Gasteiger partial charge in [0.15, 0.2) is 6.61 Å². The van der Waals surface area contributed by atoms with Crippen LogP contribution in [0, 0.1) is 5.82 Å². The molecule has 0 atom stereocenters. The number of halogens is 2. The van der Waals surface area contributed by atoms with Crippen LogP contribution in [-0.2, 0) is 4.79 Å². The number of aromatic nitrogens is 1. The van der Waals surface area contributed by atoms with Gasteiger partial charge in [-0.1, -0.05) is 30.3 Å². The van der Waals surface area contributed by atoms with Crippen LogP contribution in [0.5, 0.6) is 5.75 Å². The minimum Gasteiger partial charge on any atom is -0.484 e. The summed E-state index contributed by atoms with van der Waals surface area (Å²) in [7, 11) is 0. The van der Waals surface area contributed by atoms with E-state index in [-0.39, 0.29) is 42.1 Å². The van der Waals surface area contributed by atoms with Gasteiger partial charge in [0.05, 0.1) is 11.6 Å². The number of carbonyl (C=O) groups is 2. The van der Waals surface area contributed by atoms with Gasteiger partial charge in [-0.2, -0.15) is 0 Å². The summed E-state index contributed by atoms with van der Waals surface area (Å²) in [6.07, 6.45) is 5.03. The predicted octanol–water partition coefficient (Wildman–Crippen LogP) is 2.71. The van der Waals surface area contributed by atoms with Crippen LogP contribution >= 0.6 is 11.6 Å². The Morgan fingerprint density at radius 3 is 2.83 bits per heavy atom. The Morgan fingerprint density at radius 2 is 2.10 bits per heavy atom. The number of pyridine rings is 1. The summed E-state index contributed by atoms with van der Waals surface area (Å²) in [5.74, 6) is -1.30. The molecular formula is C21H21ClFN3O4. The minimum atomic E-state index is -0.640. The molecule has 2 aromatic rings. The summed E-state index contributed by atoms with van der Waals surface area (Å²) in [5.41, 5.74) is 1.36. The average molecular weight is 434 g/mol. The van der Waals surface area contributed by atoms with Crippen molar-refractivity contribution in [3.05, 3.63) is 77.0 Å². The Bertz CT molecular complexity index is 950. The van der Waals surface area contributed by atoms with E-state index in [2.05, 4.69) is 22.2 Å². The van der Waals surface area contributed by atoms with Gasteiger partial charge in [-0.3, -0.25) is 14.6 Å². The van der Waals surface area contributed by atoms with Crippen molar-refractivity contribution in [3.8, 4) is 5.75 Å². The zero-order chi connectivity index (χ0) is 21.9. The lowest BCUT2D eigenvalue weighted by atomic mass is 10.2. The highest BCUT2D eigenvalue weighted by Gasteiger charge is 2.09. The standard InChI is InChI=1S/C21H21ClFN3O4/c1-14(26-20(28)13-30-16-4-5-17(22)18(23)12-16)6-8-25-21(29)19-11-15(3-2-10-27)7-9-24-19/h2-5,7,9,11-12,27H,1,6,8,10,13H2,(H,25,29)(H,26,28)/b3-2+. The Kier molecular flexibility index (Phi) is 8.99. The molecule has 1 aromatic carbocycles. The fourth-order valence-electron chi connectivity index (χ4n) is 2.29. The van der Waals surface area contributed by atoms with E-state index in [4.69, 9.17) is 21.4 Å². The van der Waals surface area contributed by atoms with Crippen LogP contribution in [0.15, 0.2) is 54.9 Å². The molecule has 0 radical (unpaired) electrons. The molecule has 1 aromatic heterocycles. The first kappa shape index (κ1) is 23.1. The average Bonchev–Trinajstić information content (AvgIpc) is 2.73. The fraction of sp³-hybridized carbons (Fsp3) is 0.190. The van der Waals surface area contributed by atoms with E-state index < -0.39 is 11.7 Å². The number of nitrogens with one attached hydrogen (secondary N) is 2. The highest BCUT2D eigenvalue weighted by Crippen LogP contribution is 2.20. The number of carbonyl (C=O) groups excluding carboxylic acids is 2. The Hall–Kier alpha value is -3.23. The van der Waals surface area contributed by atoms with E-state index in [1.807, 2.05) is 0 Å². The van der Waals surface area contributed by atoms with Crippen molar-refractivity contribution in [2.75, 3.05) is 19.8 Å². The molecule has 0 aliphatic rings. The number of ether oxygens (including phenoxy) is 1. The molecular weight excluding hydrogens is 413 g/mol. The molecule has 158 valence electrons. The van der Waals surface area contributed by atoms with Crippen LogP contribution in [0.25, 0.3) is 6.08 Å². The molecule has 9 heteroatoms. The molecule has 7 nitrogen and oxygen atoms in total. The van der Waals surface area contributed by atoms with E-state index in [0.29, 0.717) is 12.1 Å². The molecule has 0 fully saturated rings. The summed E-state index contributed by atoms with van der Waals surface area (Å²) >= 11 is 5.58. The first-order valence-corrected chi connectivity index (χ1v) is 9.34. The van der Waals surface area contributed by atoms with Gasteiger partial charge in [0.1, 0.15) is 17.3 Å². The molecule has 0 aliphatic carbocycles. The van der Waals surface area contributed by atoms with Crippen molar-refractivity contribution in [3.63, 3.8) is 0 Å². The lowest BCUT2D eigenvalue weighted by molar-refractivity contribution is -0.122. The van der Waals surface area contributed by atoms with Crippen LogP contribution in [0.2, 0.25) is 5.02 Å². The molecule has 30 heavy (non-hydrogen) atoms. The van der Waals surface area contributed by atoms with Crippen molar-refractivity contribution in [2.24, 2.45) is 0 Å². The third kappa shape index (κ3) is 7.65. The minimum absolute atomic E-state index is 0.0363. The van der Waals surface area contributed by atoms with Crippen molar-refractivity contribution in [1.29, 1.82) is 0 Å². The van der Waals surface area contributed by atoms with E-state index in [9.17, 15) is 14.0 Å². The van der Waals surface area contributed by atoms with E-state index >= 15 is 0 Å². The van der Waals surface area contributed by atoms with Crippen molar-refractivity contribution < 1.29 is 23.8 Å². The summed E-state index contributed by atoms with van der Waals surface area (Å²) in [4.78, 5) is 28.0. The Labute approximate surface area is 178 Å². The number of benzene rings is 1. The smallest absolute Gasteiger partial charge is 0.269 e. The molecule has 3 N–H and O–H groups in total. The molecule has 0 saturated carbocycles. The van der Waals surface area contributed by atoms with Gasteiger partial charge < -0.3 is 20.5 Å². The number of amides is 2. The predicted molar refractivity (Wildman–Crippen MR) is 111 cm³/mol. The van der Waals surface area contributed by atoms with Gasteiger partial charge in [-0.15, -0.1) is 0 Å². The maximum Gasteiger partial charge on any atom is 0.269 e. The molecule has 0 aliphatic heterocycles. The molecule has 2 rings (SSSR count). The lowest BCUT2D eigenvalue weighted by Gasteiger charge is -2.10. The number of hydrogen-bond acceptors (Lipinski definition) is 5. The quantitative estimate of drug-likeness (QED) is 0.535. The molecule has 1 heterocycles. The van der Waals surface area contributed by atoms with E-state index in [1.54, 1.807) is 24.3 Å². The molecule has 0 saturated heterocycles. The molecule has 0 spiro atoms. The van der Waals surface area contributed by atoms with Gasteiger partial charge in [0.25, 0.3) is 11.8 Å². The number of aliphatic hydroxyl groups is 1. The SMILES string of the molecule is C=C(CCNC(=O)c1cc(/C=C/CO)ccn1)NC(=O)COc1ccc(Cl)c(F)c1. The molecule has 0 bridgehead atoms. The fourth-order valence-corrected chi connectivity index (χ4v) is 2.41. The maximum absolute atomic E-state index is 13.3. The van der Waals surface area contributed by atoms with Crippen molar-refractivity contribution in [1.82, 2.24) is 15.6 Å². The Morgan fingerprint density at radius 1 is 1.30 bits per heavy atom. The number of hydrogen-bond donors (Lipinski definition) is 3. The van der Waals surface area contributed by atoms with Crippen molar-refractivity contribution >= 4 is 29.5 Å². The third-order valence-electron chi connectivity index (χ3n) is 3.72. The first-order valence-electron chi connectivity index (χ1n) is 8.96. The largest absolute Gasteiger partial charge is 0.484 e. The highest BCUT2D eigenvalue weighted by atomic mass is 35.5. The van der Waals surface area contributed by atoms with Crippen molar-refractivity contribution in [2.45, 2.75) is 6.42 Å². The third-order valence-corrected chi connectivity index (χ3v) is 4.03. The van der Waals surface area contributed by atoms with Crippen LogP contribution in [0.4, 0.5) is 4.39 Å². The normalized spacial score (nSPS) is 10.6. The van der Waals surface area contributed by atoms with Gasteiger partial charge in [-0.25, -0.2) is 4.39 Å². The van der Waals surface area contributed by atoms with E-state index in [1.165, 1.54) is 18.3 Å². The lowest BCUT2D eigenvalue weighted by Crippen LogP contribution is -2.31. The van der Waals surface area contributed by atoms with Crippen LogP contribution < -0.4 is 15.4 Å². The molecule has 2 amide bonds. The number of rotatable bonds is 10. The maximum atomic E-state index is 13.3.